The Kier molecular flexibility index (Phi) is 12.5. The number of esters is 1. The number of aliphatic hydroxyl groups is 1. The van der Waals surface area contributed by atoms with E-state index < -0.39 is 67.2 Å². The predicted octanol–water partition coefficient (Wildman–Crippen LogP) is 3.03. The van der Waals surface area contributed by atoms with Crippen LogP contribution < -0.4 is 0 Å². The summed E-state index contributed by atoms with van der Waals surface area (Å²) >= 11 is 0. The van der Waals surface area contributed by atoms with Crippen LogP contribution in [0.25, 0.3) is 0 Å². The van der Waals surface area contributed by atoms with Crippen molar-refractivity contribution in [3.05, 3.63) is 71.8 Å². The number of carboxylic acid groups (broad SMARTS) is 3. The molecule has 2 aromatic rings. The maximum Gasteiger partial charge on any atom is 0.348 e. The van der Waals surface area contributed by atoms with Crippen molar-refractivity contribution in [1.82, 2.24) is 0 Å². The van der Waals surface area contributed by atoms with Gasteiger partial charge in [0.25, 0.3) is 0 Å². The lowest BCUT2D eigenvalue weighted by Gasteiger charge is -2.34. The normalized spacial score (nSPS) is 14.1. The van der Waals surface area contributed by atoms with Crippen molar-refractivity contribution in [2.24, 2.45) is 0 Å². The lowest BCUT2D eigenvalue weighted by atomic mass is 9.90. The maximum atomic E-state index is 13.2. The van der Waals surface area contributed by atoms with Gasteiger partial charge in [-0.2, -0.15) is 0 Å². The molecule has 2 aromatic carbocycles. The van der Waals surface area contributed by atoms with Crippen LogP contribution in [-0.2, 0) is 46.6 Å². The molecule has 11 heteroatoms. The highest BCUT2D eigenvalue weighted by Crippen LogP contribution is 2.29. The minimum absolute atomic E-state index is 0.144. The van der Waals surface area contributed by atoms with Crippen molar-refractivity contribution in [3.63, 3.8) is 0 Å². The highest BCUT2D eigenvalue weighted by Gasteiger charge is 2.48. The van der Waals surface area contributed by atoms with Crippen LogP contribution in [0.15, 0.2) is 60.7 Å². The largest absolute Gasteiger partial charge is 0.481 e. The first-order valence-corrected chi connectivity index (χ1v) is 12.4. The third-order valence-electron chi connectivity index (χ3n) is 6.09. The van der Waals surface area contributed by atoms with E-state index in [1.807, 2.05) is 36.4 Å². The second-order valence-corrected chi connectivity index (χ2v) is 9.08. The number of aliphatic carboxylic acids is 3. The van der Waals surface area contributed by atoms with Crippen LogP contribution in [0, 0.1) is 0 Å². The zero-order chi connectivity index (χ0) is 28.7. The highest BCUT2D eigenvalue weighted by molar-refractivity contribution is 5.86. The molecule has 0 spiro atoms. The first-order chi connectivity index (χ1) is 18.6. The fraction of sp³-hybridized carbons (Fsp3) is 0.429. The molecule has 0 bridgehead atoms. The van der Waals surface area contributed by atoms with Crippen molar-refractivity contribution in [3.8, 4) is 0 Å². The summed E-state index contributed by atoms with van der Waals surface area (Å²) < 4.78 is 16.4. The fourth-order valence-corrected chi connectivity index (χ4v) is 3.72. The smallest absolute Gasteiger partial charge is 0.348 e. The molecule has 0 saturated carbocycles. The minimum Gasteiger partial charge on any atom is -0.481 e. The molecule has 212 valence electrons. The van der Waals surface area contributed by atoms with E-state index in [0.717, 1.165) is 11.1 Å². The first-order valence-electron chi connectivity index (χ1n) is 12.4. The molecule has 0 radical (unpaired) electrons. The molecule has 0 aromatic heterocycles. The lowest BCUT2D eigenvalue weighted by Crippen LogP contribution is -2.51. The Bertz CT molecular complexity index is 1070. The van der Waals surface area contributed by atoms with E-state index in [2.05, 4.69) is 0 Å². The molecule has 4 N–H and O–H groups in total. The Morgan fingerprint density at radius 2 is 1.10 bits per heavy atom. The van der Waals surface area contributed by atoms with Crippen molar-refractivity contribution < 1.29 is 53.8 Å². The van der Waals surface area contributed by atoms with Crippen LogP contribution in [0.3, 0.4) is 0 Å². The van der Waals surface area contributed by atoms with Crippen molar-refractivity contribution in [2.45, 2.75) is 62.9 Å². The summed E-state index contributed by atoms with van der Waals surface area (Å²) in [6, 6.07) is 18.1. The minimum atomic E-state index is -2.39. The number of carboxylic acids is 3. The molecule has 39 heavy (non-hydrogen) atoms. The van der Waals surface area contributed by atoms with Crippen LogP contribution in [0.2, 0.25) is 0 Å². The molecule has 0 aliphatic heterocycles. The third kappa shape index (κ3) is 10.8. The fourth-order valence-electron chi connectivity index (χ4n) is 3.72. The van der Waals surface area contributed by atoms with Gasteiger partial charge in [0.05, 0.1) is 26.4 Å². The third-order valence-corrected chi connectivity index (χ3v) is 6.09. The van der Waals surface area contributed by atoms with Crippen molar-refractivity contribution in [1.29, 1.82) is 0 Å². The van der Waals surface area contributed by atoms with Gasteiger partial charge in [0.1, 0.15) is 0 Å². The van der Waals surface area contributed by atoms with Gasteiger partial charge in [-0.15, -0.1) is 0 Å². The number of carbonyl (C=O) groups is 4. The van der Waals surface area contributed by atoms with Gasteiger partial charge >= 0.3 is 23.9 Å². The molecule has 0 heterocycles. The Morgan fingerprint density at radius 3 is 1.56 bits per heavy atom. The Morgan fingerprint density at radius 1 is 0.641 bits per heavy atom. The van der Waals surface area contributed by atoms with E-state index in [0.29, 0.717) is 0 Å². The zero-order valence-electron chi connectivity index (χ0n) is 21.5. The topological polar surface area (TPSA) is 177 Å². The molecular formula is C28H34O11. The number of rotatable bonds is 19. The Balaban J connectivity index is 2.14. The average Bonchev–Trinajstić information content (AvgIpc) is 2.91. The molecule has 0 aliphatic carbocycles. The molecule has 0 fully saturated rings. The van der Waals surface area contributed by atoms with Gasteiger partial charge in [-0.25, -0.2) is 9.59 Å². The molecule has 2 atom stereocenters. The van der Waals surface area contributed by atoms with Crippen molar-refractivity contribution in [2.75, 3.05) is 13.2 Å². The van der Waals surface area contributed by atoms with E-state index in [-0.39, 0.29) is 32.8 Å². The summed E-state index contributed by atoms with van der Waals surface area (Å²) in [4.78, 5) is 47.9. The quantitative estimate of drug-likeness (QED) is 0.150. The summed E-state index contributed by atoms with van der Waals surface area (Å²) in [6.07, 6.45) is -3.14. The van der Waals surface area contributed by atoms with Gasteiger partial charge in [0, 0.05) is 32.1 Å². The van der Waals surface area contributed by atoms with E-state index in [1.165, 1.54) is 0 Å². The van der Waals surface area contributed by atoms with Crippen LogP contribution in [0.5, 0.6) is 0 Å². The van der Waals surface area contributed by atoms with Gasteiger partial charge in [0.2, 0.25) is 5.60 Å². The highest BCUT2D eigenvalue weighted by atomic mass is 16.6. The van der Waals surface area contributed by atoms with E-state index in [9.17, 15) is 29.4 Å². The van der Waals surface area contributed by atoms with E-state index >= 15 is 0 Å². The summed E-state index contributed by atoms with van der Waals surface area (Å²) in [5.74, 6) is -5.57. The second-order valence-electron chi connectivity index (χ2n) is 9.08. The van der Waals surface area contributed by atoms with Gasteiger partial charge in [-0.05, 0) is 17.5 Å². The monoisotopic (exact) mass is 546 g/mol. The summed E-state index contributed by atoms with van der Waals surface area (Å²) in [5, 5.41) is 39.4. The molecule has 11 nitrogen and oxygen atoms in total. The van der Waals surface area contributed by atoms with Crippen molar-refractivity contribution >= 4 is 23.9 Å². The van der Waals surface area contributed by atoms with Crippen LogP contribution in [0.1, 0.15) is 49.7 Å². The van der Waals surface area contributed by atoms with Gasteiger partial charge in [-0.3, -0.25) is 9.59 Å². The predicted molar refractivity (Wildman–Crippen MR) is 137 cm³/mol. The lowest BCUT2D eigenvalue weighted by molar-refractivity contribution is -0.198. The zero-order valence-corrected chi connectivity index (χ0v) is 21.5. The number of benzene rings is 2. The number of ether oxygens (including phenoxy) is 3. The maximum absolute atomic E-state index is 13.2. The SMILES string of the molecule is O=C(O)CC[C@](O)(CCOCc1ccccc1)C(=O)O[C@@](CCOCc1ccccc1)(CCC(=O)O)C(=O)O. The molecule has 0 amide bonds. The number of hydrogen-bond donors (Lipinski definition) is 4. The Labute approximate surface area is 225 Å². The molecule has 2 rings (SSSR count). The molecule has 0 saturated heterocycles. The second kappa shape index (κ2) is 15.6. The van der Waals surface area contributed by atoms with Crippen LogP contribution in [-0.4, -0.2) is 68.7 Å². The molecular weight excluding hydrogens is 512 g/mol. The van der Waals surface area contributed by atoms with Gasteiger partial charge < -0.3 is 34.6 Å². The summed E-state index contributed by atoms with van der Waals surface area (Å²) in [7, 11) is 0. The Hall–Kier alpha value is -3.80. The van der Waals surface area contributed by atoms with E-state index in [1.54, 1.807) is 24.3 Å². The van der Waals surface area contributed by atoms with Gasteiger partial charge in [0.15, 0.2) is 5.60 Å². The van der Waals surface area contributed by atoms with E-state index in [4.69, 9.17) is 24.4 Å². The summed E-state index contributed by atoms with van der Waals surface area (Å²) in [6.45, 7) is -0.0383. The van der Waals surface area contributed by atoms with Gasteiger partial charge in [-0.1, -0.05) is 60.7 Å². The summed E-state index contributed by atoms with van der Waals surface area (Å²) in [5.41, 5.74) is -3.05. The first kappa shape index (κ1) is 31.4. The van der Waals surface area contributed by atoms with Crippen LogP contribution in [0.4, 0.5) is 0 Å². The average molecular weight is 547 g/mol. The standard InChI is InChI=1S/C28H34O11/c29-23(30)11-13-27(36,15-17-37-19-21-7-3-1-4-8-21)26(35)39-28(25(33)34,14-12-24(31)32)16-18-38-20-22-9-5-2-6-10-22/h1-10,36H,11-20H2,(H,29,30)(H,31,32)(H,33,34)/t27-,28+/m0/s1. The van der Waals surface area contributed by atoms with Crippen LogP contribution >= 0.6 is 0 Å². The molecule has 0 unspecified atom stereocenters. The molecule has 0 aliphatic rings. The number of carbonyl (C=O) groups excluding carboxylic acids is 1. The number of hydrogen-bond acceptors (Lipinski definition) is 8.